The zero-order valence-corrected chi connectivity index (χ0v) is 17.9. The topological polar surface area (TPSA) is 82.5 Å². The van der Waals surface area contributed by atoms with E-state index in [4.69, 9.17) is 0 Å². The lowest BCUT2D eigenvalue weighted by Gasteiger charge is -2.21. The minimum atomic E-state index is -0.949. The fourth-order valence-electron chi connectivity index (χ4n) is 3.49. The lowest BCUT2D eigenvalue weighted by atomic mass is 9.97. The summed E-state index contributed by atoms with van der Waals surface area (Å²) in [5.41, 5.74) is 1.48. The van der Waals surface area contributed by atoms with E-state index in [9.17, 15) is 23.8 Å². The molecule has 1 aromatic heterocycles. The molecule has 5 nitrogen and oxygen atoms in total. The van der Waals surface area contributed by atoms with Crippen molar-refractivity contribution >= 4 is 5.91 Å². The largest absolute Gasteiger partial charge is 0.508 e. The van der Waals surface area contributed by atoms with Crippen LogP contribution in [0.2, 0.25) is 0 Å². The van der Waals surface area contributed by atoms with Gasteiger partial charge in [-0.25, -0.2) is 13.8 Å². The van der Waals surface area contributed by atoms with E-state index in [1.165, 1.54) is 36.4 Å². The number of aromatic hydroxyl groups is 1. The van der Waals surface area contributed by atoms with Gasteiger partial charge in [0.25, 0.3) is 5.91 Å². The number of halogens is 2. The fraction of sp³-hybridized carbons (Fsp3) is 0.231. The number of nitrogens with zero attached hydrogens (tertiary/aromatic N) is 1. The van der Waals surface area contributed by atoms with Gasteiger partial charge in [0.2, 0.25) is 0 Å². The first-order valence-corrected chi connectivity index (χ1v) is 10.5. The number of benzene rings is 2. The van der Waals surface area contributed by atoms with Crippen LogP contribution < -0.4 is 5.32 Å². The Kier molecular flexibility index (Phi) is 6.12. The molecule has 7 heteroatoms. The van der Waals surface area contributed by atoms with Gasteiger partial charge in [0.05, 0.1) is 18.1 Å². The van der Waals surface area contributed by atoms with Gasteiger partial charge in [-0.1, -0.05) is 24.0 Å². The molecule has 0 bridgehead atoms. The van der Waals surface area contributed by atoms with Gasteiger partial charge in [-0.05, 0) is 67.8 Å². The van der Waals surface area contributed by atoms with Crippen LogP contribution in [0.15, 0.2) is 54.6 Å². The number of pyridine rings is 1. The lowest BCUT2D eigenvalue weighted by molar-refractivity contribution is 0.0937. The summed E-state index contributed by atoms with van der Waals surface area (Å²) in [7, 11) is 0. The number of hydrogen-bond acceptors (Lipinski definition) is 4. The number of aliphatic hydroxyl groups excluding tert-OH is 1. The van der Waals surface area contributed by atoms with Crippen LogP contribution in [0.25, 0.3) is 0 Å². The van der Waals surface area contributed by atoms with Crippen LogP contribution >= 0.6 is 0 Å². The minimum absolute atomic E-state index is 0.00606. The SMILES string of the molecule is Cc1cc(C#CC2(CO)CC2)cc(C(=O)N[C@@H](c2ccc(F)cc2)c2cc(F)ccc2O)n1. The van der Waals surface area contributed by atoms with Crippen LogP contribution in [0.5, 0.6) is 5.75 Å². The monoisotopic (exact) mass is 448 g/mol. The van der Waals surface area contributed by atoms with Crippen LogP contribution in [0.4, 0.5) is 8.78 Å². The second-order valence-electron chi connectivity index (χ2n) is 8.23. The molecule has 0 spiro atoms. The van der Waals surface area contributed by atoms with Crippen LogP contribution in [0.1, 0.15) is 51.8 Å². The normalized spacial score (nSPS) is 14.7. The molecule has 1 aliphatic carbocycles. The molecule has 0 aliphatic heterocycles. The smallest absolute Gasteiger partial charge is 0.270 e. The number of phenolic OH excluding ortho intramolecular Hbond substituents is 1. The van der Waals surface area contributed by atoms with Gasteiger partial charge in [0, 0.05) is 16.8 Å². The minimum Gasteiger partial charge on any atom is -0.508 e. The van der Waals surface area contributed by atoms with Gasteiger partial charge < -0.3 is 15.5 Å². The molecular weight excluding hydrogens is 426 g/mol. The maximum atomic E-state index is 13.9. The standard InChI is InChI=1S/C26H22F2N2O3/c1-16-12-17(8-9-26(15-31)10-11-26)13-22(29-16)25(33)30-24(18-2-4-19(27)5-3-18)21-14-20(28)6-7-23(21)32/h2-7,12-14,24,31-32H,10-11,15H2,1H3,(H,30,33)/t24-/m0/s1. The number of phenols is 1. The molecule has 1 atom stereocenters. The molecule has 1 amide bonds. The van der Waals surface area contributed by atoms with E-state index in [1.807, 2.05) is 0 Å². The summed E-state index contributed by atoms with van der Waals surface area (Å²) in [4.78, 5) is 17.4. The average molecular weight is 448 g/mol. The molecule has 1 saturated carbocycles. The van der Waals surface area contributed by atoms with Crippen LogP contribution in [0.3, 0.4) is 0 Å². The lowest BCUT2D eigenvalue weighted by Crippen LogP contribution is -2.30. The van der Waals surface area contributed by atoms with Crippen molar-refractivity contribution in [3.05, 3.63) is 94.3 Å². The molecule has 2 aromatic carbocycles. The summed E-state index contributed by atoms with van der Waals surface area (Å²) in [6.45, 7) is 1.73. The van der Waals surface area contributed by atoms with Crippen LogP contribution in [-0.2, 0) is 0 Å². The molecule has 3 aromatic rings. The third-order valence-electron chi connectivity index (χ3n) is 5.59. The predicted octanol–water partition coefficient (Wildman–Crippen LogP) is 4.02. The molecule has 0 unspecified atom stereocenters. The van der Waals surface area contributed by atoms with E-state index in [0.717, 1.165) is 25.0 Å². The van der Waals surface area contributed by atoms with E-state index < -0.39 is 23.6 Å². The van der Waals surface area contributed by atoms with Crippen molar-refractivity contribution in [2.75, 3.05) is 6.61 Å². The van der Waals surface area contributed by atoms with Gasteiger partial charge in [0.15, 0.2) is 0 Å². The Hall–Kier alpha value is -3.76. The number of aliphatic hydroxyl groups is 1. The van der Waals surface area contributed by atoms with Gasteiger partial charge >= 0.3 is 0 Å². The fourth-order valence-corrected chi connectivity index (χ4v) is 3.49. The highest BCUT2D eigenvalue weighted by molar-refractivity contribution is 5.93. The highest BCUT2D eigenvalue weighted by atomic mass is 19.1. The van der Waals surface area contributed by atoms with Crippen molar-refractivity contribution in [3.8, 4) is 17.6 Å². The summed E-state index contributed by atoms with van der Waals surface area (Å²) in [6, 6.07) is 11.1. The maximum Gasteiger partial charge on any atom is 0.270 e. The number of nitrogens with one attached hydrogen (secondary N) is 1. The Morgan fingerprint density at radius 3 is 2.48 bits per heavy atom. The number of carbonyl (C=O) groups excluding carboxylic acids is 1. The number of aromatic nitrogens is 1. The van der Waals surface area contributed by atoms with E-state index in [1.54, 1.807) is 13.0 Å². The first kappa shape index (κ1) is 22.4. The Morgan fingerprint density at radius 1 is 1.12 bits per heavy atom. The van der Waals surface area contributed by atoms with E-state index >= 15 is 0 Å². The third kappa shape index (κ3) is 5.18. The molecule has 1 aliphatic rings. The summed E-state index contributed by atoms with van der Waals surface area (Å²) in [6.07, 6.45) is 1.68. The van der Waals surface area contributed by atoms with E-state index in [2.05, 4.69) is 22.1 Å². The zero-order valence-electron chi connectivity index (χ0n) is 17.9. The summed E-state index contributed by atoms with van der Waals surface area (Å²) >= 11 is 0. The third-order valence-corrected chi connectivity index (χ3v) is 5.59. The average Bonchev–Trinajstić information content (AvgIpc) is 3.59. The number of aryl methyl sites for hydroxylation is 1. The molecule has 1 fully saturated rings. The predicted molar refractivity (Wildman–Crippen MR) is 118 cm³/mol. The number of rotatable bonds is 5. The Bertz CT molecular complexity index is 1260. The molecule has 3 N–H and O–H groups in total. The Morgan fingerprint density at radius 2 is 1.82 bits per heavy atom. The van der Waals surface area contributed by atoms with Crippen LogP contribution in [0, 0.1) is 35.8 Å². The molecule has 1 heterocycles. The molecule has 33 heavy (non-hydrogen) atoms. The van der Waals surface area contributed by atoms with Crippen molar-refractivity contribution in [2.45, 2.75) is 25.8 Å². The number of carbonyl (C=O) groups is 1. The second kappa shape index (κ2) is 9.00. The molecule has 4 rings (SSSR count). The zero-order chi connectivity index (χ0) is 23.6. The van der Waals surface area contributed by atoms with E-state index in [-0.39, 0.29) is 29.0 Å². The number of amides is 1. The van der Waals surface area contributed by atoms with Gasteiger partial charge in [0.1, 0.15) is 23.1 Å². The summed E-state index contributed by atoms with van der Waals surface area (Å²) in [5, 5.41) is 22.5. The van der Waals surface area contributed by atoms with Gasteiger partial charge in [-0.3, -0.25) is 4.79 Å². The molecule has 168 valence electrons. The van der Waals surface area contributed by atoms with Crippen molar-refractivity contribution in [2.24, 2.45) is 5.41 Å². The maximum absolute atomic E-state index is 13.9. The summed E-state index contributed by atoms with van der Waals surface area (Å²) in [5.74, 6) is 4.25. The van der Waals surface area contributed by atoms with Crippen molar-refractivity contribution in [1.82, 2.24) is 10.3 Å². The summed E-state index contributed by atoms with van der Waals surface area (Å²) < 4.78 is 27.4. The number of hydrogen-bond donors (Lipinski definition) is 3. The molecule has 0 saturated heterocycles. The van der Waals surface area contributed by atoms with Crippen molar-refractivity contribution in [3.63, 3.8) is 0 Å². The van der Waals surface area contributed by atoms with Crippen molar-refractivity contribution in [1.29, 1.82) is 0 Å². The van der Waals surface area contributed by atoms with E-state index in [0.29, 0.717) is 16.8 Å². The molecular formula is C26H22F2N2O3. The van der Waals surface area contributed by atoms with Gasteiger partial charge in [-0.2, -0.15) is 0 Å². The van der Waals surface area contributed by atoms with Gasteiger partial charge in [-0.15, -0.1) is 0 Å². The first-order valence-electron chi connectivity index (χ1n) is 10.5. The first-order chi connectivity index (χ1) is 15.8. The highest BCUT2D eigenvalue weighted by Gasteiger charge is 2.40. The second-order valence-corrected chi connectivity index (χ2v) is 8.23. The highest BCUT2D eigenvalue weighted by Crippen LogP contribution is 2.44. The quantitative estimate of drug-likeness (QED) is 0.515. The Labute approximate surface area is 190 Å². The van der Waals surface area contributed by atoms with Crippen molar-refractivity contribution < 1.29 is 23.8 Å². The molecule has 0 radical (unpaired) electrons. The Balaban J connectivity index is 1.67. The van der Waals surface area contributed by atoms with Crippen LogP contribution in [-0.4, -0.2) is 27.7 Å².